The molecule has 1 N–H and O–H groups in total. The molecule has 0 aromatic heterocycles. The van der Waals surface area contributed by atoms with Crippen molar-refractivity contribution in [1.29, 1.82) is 0 Å². The van der Waals surface area contributed by atoms with Crippen molar-refractivity contribution in [3.63, 3.8) is 0 Å². The summed E-state index contributed by atoms with van der Waals surface area (Å²) in [7, 11) is 0. The van der Waals surface area contributed by atoms with Crippen molar-refractivity contribution >= 4 is 11.9 Å². The highest BCUT2D eigenvalue weighted by molar-refractivity contribution is 5.85. The lowest BCUT2D eigenvalue weighted by Crippen LogP contribution is -2.50. The number of carbonyl (C=O) groups excluding carboxylic acids is 1. The van der Waals surface area contributed by atoms with Gasteiger partial charge in [0.1, 0.15) is 0 Å². The number of hydrogen-bond acceptors (Lipinski definition) is 3. The van der Waals surface area contributed by atoms with Crippen LogP contribution in [-0.2, 0) is 14.3 Å². The normalized spacial score (nSPS) is 16.2. The molecule has 0 aliphatic rings. The summed E-state index contributed by atoms with van der Waals surface area (Å²) in [5.74, 6) is -1.79. The molecule has 0 radical (unpaired) electrons. The fourth-order valence-corrected chi connectivity index (χ4v) is 3.32. The second kappa shape index (κ2) is 8.54. The minimum atomic E-state index is -0.983. The Labute approximate surface area is 135 Å². The van der Waals surface area contributed by atoms with Gasteiger partial charge in [0.2, 0.25) is 0 Å². The van der Waals surface area contributed by atoms with Crippen molar-refractivity contribution in [1.82, 2.24) is 0 Å². The Morgan fingerprint density at radius 1 is 0.955 bits per heavy atom. The van der Waals surface area contributed by atoms with Gasteiger partial charge in [-0.2, -0.15) is 0 Å². The molecule has 0 aromatic carbocycles. The molecule has 0 fully saturated rings. The first-order valence-electron chi connectivity index (χ1n) is 8.36. The summed E-state index contributed by atoms with van der Waals surface area (Å²) in [4.78, 5) is 24.8. The van der Waals surface area contributed by atoms with Crippen molar-refractivity contribution in [3.05, 3.63) is 0 Å². The van der Waals surface area contributed by atoms with Crippen LogP contribution in [0.5, 0.6) is 0 Å². The monoisotopic (exact) mass is 314 g/mol. The minimum absolute atomic E-state index is 0.0990. The van der Waals surface area contributed by atoms with Crippen LogP contribution in [0.25, 0.3) is 0 Å². The first-order valence-corrected chi connectivity index (χ1v) is 8.36. The van der Waals surface area contributed by atoms with Crippen LogP contribution in [0, 0.1) is 35.0 Å². The molecule has 0 saturated carbocycles. The third-order valence-corrected chi connectivity index (χ3v) is 4.19. The zero-order chi connectivity index (χ0) is 17.7. The van der Waals surface area contributed by atoms with E-state index in [1.54, 1.807) is 0 Å². The van der Waals surface area contributed by atoms with Crippen LogP contribution in [0.2, 0.25) is 0 Å². The number of carboxylic acid groups (broad SMARTS) is 1. The van der Waals surface area contributed by atoms with E-state index in [0.717, 1.165) is 0 Å². The zero-order valence-electron chi connectivity index (χ0n) is 15.5. The lowest BCUT2D eigenvalue weighted by Gasteiger charge is -2.42. The van der Waals surface area contributed by atoms with Gasteiger partial charge in [0.25, 0.3) is 0 Å². The highest BCUT2D eigenvalue weighted by atomic mass is 16.5. The first kappa shape index (κ1) is 20.9. The Morgan fingerprint density at radius 2 is 1.45 bits per heavy atom. The maximum Gasteiger partial charge on any atom is 0.313 e. The molecule has 0 aliphatic carbocycles. The van der Waals surface area contributed by atoms with Crippen LogP contribution in [0.15, 0.2) is 0 Å². The Balaban J connectivity index is 5.88. The molecule has 0 amide bonds. The molecule has 0 saturated heterocycles. The summed E-state index contributed by atoms with van der Waals surface area (Å²) >= 11 is 0. The fourth-order valence-electron chi connectivity index (χ4n) is 3.32. The number of esters is 1. The van der Waals surface area contributed by atoms with Gasteiger partial charge in [0, 0.05) is 0 Å². The maximum absolute atomic E-state index is 12.9. The van der Waals surface area contributed by atoms with Crippen molar-refractivity contribution < 1.29 is 19.4 Å². The van der Waals surface area contributed by atoms with Crippen molar-refractivity contribution in [2.24, 2.45) is 35.0 Å². The Bertz CT molecular complexity index is 371. The lowest BCUT2D eigenvalue weighted by molar-refractivity contribution is -0.177. The van der Waals surface area contributed by atoms with E-state index >= 15 is 0 Å². The Morgan fingerprint density at radius 3 is 1.73 bits per heavy atom. The third-order valence-electron chi connectivity index (χ3n) is 4.19. The van der Waals surface area contributed by atoms with E-state index in [0.29, 0.717) is 13.0 Å². The van der Waals surface area contributed by atoms with E-state index in [1.165, 1.54) is 0 Å². The van der Waals surface area contributed by atoms with E-state index in [2.05, 4.69) is 0 Å². The molecule has 0 spiro atoms. The standard InChI is InChI=1S/C18H34O4/c1-11(2)9-18(14(7)8,15(13(5)6)16(19)20)17(21)22-10-12(3)4/h11-15H,9-10H2,1-8H3,(H,19,20). The maximum atomic E-state index is 12.9. The number of aliphatic carboxylic acids is 1. The predicted octanol–water partition coefficient (Wildman–Crippen LogP) is 4.23. The summed E-state index contributed by atoms with van der Waals surface area (Å²) in [5.41, 5.74) is -0.983. The number of hydrogen-bond donors (Lipinski definition) is 1. The van der Waals surface area contributed by atoms with Crippen LogP contribution in [0.4, 0.5) is 0 Å². The molecule has 0 rings (SSSR count). The SMILES string of the molecule is CC(C)COC(=O)C(CC(C)C)(C(C)C)C(C(=O)O)C(C)C. The molecule has 0 aliphatic heterocycles. The summed E-state index contributed by atoms with van der Waals surface area (Å²) < 4.78 is 5.51. The number of carbonyl (C=O) groups is 2. The first-order chi connectivity index (χ1) is 9.96. The van der Waals surface area contributed by atoms with Crippen molar-refractivity contribution in [2.75, 3.05) is 6.61 Å². The fraction of sp³-hybridized carbons (Fsp3) is 0.889. The quantitative estimate of drug-likeness (QED) is 0.647. The van der Waals surface area contributed by atoms with Gasteiger partial charge in [-0.3, -0.25) is 9.59 Å². The van der Waals surface area contributed by atoms with Crippen LogP contribution in [0.1, 0.15) is 61.8 Å². The Kier molecular flexibility index (Phi) is 8.13. The average Bonchev–Trinajstić information content (AvgIpc) is 2.32. The van der Waals surface area contributed by atoms with Crippen LogP contribution in [0.3, 0.4) is 0 Å². The summed E-state index contributed by atoms with van der Waals surface area (Å²) in [6.45, 7) is 15.9. The van der Waals surface area contributed by atoms with E-state index in [4.69, 9.17) is 4.74 Å². The van der Waals surface area contributed by atoms with Gasteiger partial charge in [0.15, 0.2) is 0 Å². The molecule has 0 bridgehead atoms. The van der Waals surface area contributed by atoms with E-state index in [1.807, 2.05) is 55.4 Å². The molecular formula is C18H34O4. The van der Waals surface area contributed by atoms with Crippen LogP contribution < -0.4 is 0 Å². The van der Waals surface area contributed by atoms with Gasteiger partial charge in [0.05, 0.1) is 17.9 Å². The van der Waals surface area contributed by atoms with Crippen molar-refractivity contribution in [3.8, 4) is 0 Å². The molecule has 22 heavy (non-hydrogen) atoms. The van der Waals surface area contributed by atoms with Gasteiger partial charge in [-0.1, -0.05) is 55.4 Å². The topological polar surface area (TPSA) is 63.6 Å². The summed E-state index contributed by atoms with van der Waals surface area (Å²) in [6.07, 6.45) is 0.525. The minimum Gasteiger partial charge on any atom is -0.481 e. The van der Waals surface area contributed by atoms with Gasteiger partial charge in [-0.15, -0.1) is 0 Å². The highest BCUT2D eigenvalue weighted by Gasteiger charge is 2.54. The predicted molar refractivity (Wildman–Crippen MR) is 88.5 cm³/mol. The number of ether oxygens (including phenoxy) is 1. The molecule has 2 atom stereocenters. The average molecular weight is 314 g/mol. The van der Waals surface area contributed by atoms with E-state index in [-0.39, 0.29) is 29.6 Å². The molecule has 130 valence electrons. The molecular weight excluding hydrogens is 280 g/mol. The van der Waals surface area contributed by atoms with Gasteiger partial charge in [-0.25, -0.2) is 0 Å². The van der Waals surface area contributed by atoms with E-state index in [9.17, 15) is 14.7 Å². The second-order valence-electron chi connectivity index (χ2n) is 7.85. The van der Waals surface area contributed by atoms with Gasteiger partial charge in [-0.05, 0) is 30.1 Å². The highest BCUT2D eigenvalue weighted by Crippen LogP contribution is 2.46. The Hall–Kier alpha value is -1.06. The smallest absolute Gasteiger partial charge is 0.313 e. The molecule has 4 heteroatoms. The molecule has 0 heterocycles. The van der Waals surface area contributed by atoms with Crippen LogP contribution in [-0.4, -0.2) is 23.7 Å². The molecule has 2 unspecified atom stereocenters. The number of rotatable bonds is 9. The second-order valence-corrected chi connectivity index (χ2v) is 7.85. The molecule has 0 aromatic rings. The third kappa shape index (κ3) is 4.99. The van der Waals surface area contributed by atoms with Gasteiger partial charge < -0.3 is 9.84 Å². The number of carboxylic acids is 1. The largest absolute Gasteiger partial charge is 0.481 e. The van der Waals surface area contributed by atoms with Gasteiger partial charge >= 0.3 is 11.9 Å². The molecule has 4 nitrogen and oxygen atoms in total. The zero-order valence-corrected chi connectivity index (χ0v) is 15.5. The van der Waals surface area contributed by atoms with Crippen LogP contribution >= 0.6 is 0 Å². The summed E-state index contributed by atoms with van der Waals surface area (Å²) in [6, 6.07) is 0. The summed E-state index contributed by atoms with van der Waals surface area (Å²) in [5, 5.41) is 9.76. The van der Waals surface area contributed by atoms with E-state index < -0.39 is 17.3 Å². The van der Waals surface area contributed by atoms with Crippen molar-refractivity contribution in [2.45, 2.75) is 61.8 Å². The lowest BCUT2D eigenvalue weighted by atomic mass is 9.60.